The van der Waals surface area contributed by atoms with Crippen LogP contribution < -0.4 is 5.32 Å². The molecule has 0 aliphatic heterocycles. The molecule has 0 fully saturated rings. The van der Waals surface area contributed by atoms with E-state index in [1.165, 1.54) is 0 Å². The molecule has 0 bridgehead atoms. The quantitative estimate of drug-likeness (QED) is 0.720. The van der Waals surface area contributed by atoms with Gasteiger partial charge in [-0.25, -0.2) is 15.0 Å². The minimum absolute atomic E-state index is 0.751. The number of pyridine rings is 1. The zero-order chi connectivity index (χ0) is 13.8. The van der Waals surface area contributed by atoms with Gasteiger partial charge in [-0.3, -0.25) is 0 Å². The largest absolute Gasteiger partial charge is 0.369 e. The third kappa shape index (κ3) is 2.32. The summed E-state index contributed by atoms with van der Waals surface area (Å²) in [6.45, 7) is 3.06. The van der Waals surface area contributed by atoms with Crippen LogP contribution in [0.25, 0.3) is 16.9 Å². The van der Waals surface area contributed by atoms with Gasteiger partial charge >= 0.3 is 0 Å². The van der Waals surface area contributed by atoms with Crippen LogP contribution in [0.15, 0.2) is 36.9 Å². The maximum atomic E-state index is 4.37. The first-order valence-electron chi connectivity index (χ1n) is 6.74. The van der Waals surface area contributed by atoms with Crippen molar-refractivity contribution >= 4 is 16.9 Å². The van der Waals surface area contributed by atoms with E-state index in [2.05, 4.69) is 32.3 Å². The van der Waals surface area contributed by atoms with Gasteiger partial charge in [0, 0.05) is 12.7 Å². The molecule has 0 amide bonds. The lowest BCUT2D eigenvalue weighted by molar-refractivity contribution is 0.831. The van der Waals surface area contributed by atoms with Crippen molar-refractivity contribution in [3.63, 3.8) is 0 Å². The van der Waals surface area contributed by atoms with E-state index in [1.807, 2.05) is 18.2 Å². The number of hydrogen-bond acceptors (Lipinski definition) is 5. The summed E-state index contributed by atoms with van der Waals surface area (Å²) in [7, 11) is 0. The summed E-state index contributed by atoms with van der Waals surface area (Å²) in [5.74, 6) is 1.58. The molecule has 0 saturated heterocycles. The van der Waals surface area contributed by atoms with E-state index in [-0.39, 0.29) is 0 Å². The number of fused-ring (bicyclic) bond motifs is 1. The standard InChI is InChI=1S/C14H16N6/c1-2-3-7-16-13-11-9-19-20(14(11)18-10-17-13)12-6-4-5-8-15-12/h4-6,8-10H,2-3,7H2,1H3,(H,16,17,18). The Balaban J connectivity index is 1.99. The number of nitrogens with zero attached hydrogens (tertiary/aromatic N) is 5. The summed E-state index contributed by atoms with van der Waals surface area (Å²) in [4.78, 5) is 12.9. The average molecular weight is 268 g/mol. The lowest BCUT2D eigenvalue weighted by Gasteiger charge is -2.05. The molecular formula is C14H16N6. The number of aromatic nitrogens is 5. The Bertz CT molecular complexity index is 691. The van der Waals surface area contributed by atoms with Gasteiger partial charge < -0.3 is 5.32 Å². The van der Waals surface area contributed by atoms with Crippen molar-refractivity contribution in [2.24, 2.45) is 0 Å². The molecular weight excluding hydrogens is 252 g/mol. The van der Waals surface area contributed by atoms with Crippen LogP contribution in [0.5, 0.6) is 0 Å². The molecule has 20 heavy (non-hydrogen) atoms. The van der Waals surface area contributed by atoms with Crippen molar-refractivity contribution in [3.8, 4) is 5.82 Å². The van der Waals surface area contributed by atoms with Crippen molar-refractivity contribution in [2.45, 2.75) is 19.8 Å². The minimum atomic E-state index is 0.751. The molecule has 0 radical (unpaired) electrons. The van der Waals surface area contributed by atoms with Crippen LogP contribution in [0.4, 0.5) is 5.82 Å². The summed E-state index contributed by atoms with van der Waals surface area (Å²) in [5.41, 5.74) is 0.762. The Kier molecular flexibility index (Phi) is 3.54. The molecule has 3 aromatic heterocycles. The molecule has 0 atom stereocenters. The van der Waals surface area contributed by atoms with Crippen LogP contribution in [-0.2, 0) is 0 Å². The van der Waals surface area contributed by atoms with Crippen LogP contribution in [0.3, 0.4) is 0 Å². The first-order valence-corrected chi connectivity index (χ1v) is 6.74. The number of hydrogen-bond donors (Lipinski definition) is 1. The first-order chi connectivity index (χ1) is 9.90. The van der Waals surface area contributed by atoms with Gasteiger partial charge in [-0.1, -0.05) is 19.4 Å². The fourth-order valence-electron chi connectivity index (χ4n) is 2.02. The van der Waals surface area contributed by atoms with Gasteiger partial charge in [0.1, 0.15) is 12.1 Å². The monoisotopic (exact) mass is 268 g/mol. The summed E-state index contributed by atoms with van der Waals surface area (Å²) >= 11 is 0. The Hall–Kier alpha value is -2.50. The second-order valence-corrected chi connectivity index (χ2v) is 4.48. The third-order valence-corrected chi connectivity index (χ3v) is 3.05. The number of anilines is 1. The van der Waals surface area contributed by atoms with Crippen molar-refractivity contribution in [1.82, 2.24) is 24.7 Å². The number of nitrogens with one attached hydrogen (secondary N) is 1. The fraction of sp³-hybridized carbons (Fsp3) is 0.286. The fourth-order valence-corrected chi connectivity index (χ4v) is 2.02. The van der Waals surface area contributed by atoms with Crippen LogP contribution in [0.2, 0.25) is 0 Å². The van der Waals surface area contributed by atoms with Gasteiger partial charge in [0.2, 0.25) is 0 Å². The number of unbranched alkanes of at least 4 members (excludes halogenated alkanes) is 1. The van der Waals surface area contributed by atoms with Gasteiger partial charge in [-0.15, -0.1) is 0 Å². The summed E-state index contributed by atoms with van der Waals surface area (Å²) < 4.78 is 1.72. The molecule has 0 saturated carbocycles. The van der Waals surface area contributed by atoms with Crippen molar-refractivity contribution in [2.75, 3.05) is 11.9 Å². The normalized spacial score (nSPS) is 10.8. The zero-order valence-electron chi connectivity index (χ0n) is 11.3. The van der Waals surface area contributed by atoms with Crippen LogP contribution in [0, 0.1) is 0 Å². The highest BCUT2D eigenvalue weighted by Crippen LogP contribution is 2.20. The molecule has 0 aliphatic rings. The van der Waals surface area contributed by atoms with Crippen LogP contribution in [-0.4, -0.2) is 31.3 Å². The Labute approximate surface area is 116 Å². The first kappa shape index (κ1) is 12.5. The molecule has 6 nitrogen and oxygen atoms in total. The van der Waals surface area contributed by atoms with E-state index in [9.17, 15) is 0 Å². The predicted molar refractivity (Wildman–Crippen MR) is 77.9 cm³/mol. The van der Waals surface area contributed by atoms with Gasteiger partial charge in [0.05, 0.1) is 11.6 Å². The molecule has 3 rings (SSSR count). The number of rotatable bonds is 5. The van der Waals surface area contributed by atoms with Gasteiger partial charge in [0.25, 0.3) is 0 Å². The van der Waals surface area contributed by atoms with Gasteiger partial charge in [-0.05, 0) is 18.6 Å². The second kappa shape index (κ2) is 5.64. The highest BCUT2D eigenvalue weighted by molar-refractivity contribution is 5.86. The third-order valence-electron chi connectivity index (χ3n) is 3.05. The van der Waals surface area contributed by atoms with E-state index in [0.717, 1.165) is 42.1 Å². The summed E-state index contributed by atoms with van der Waals surface area (Å²) in [5, 5.41) is 8.61. The molecule has 0 aromatic carbocycles. The van der Waals surface area contributed by atoms with Gasteiger partial charge in [0.15, 0.2) is 11.5 Å². The lowest BCUT2D eigenvalue weighted by atomic mass is 10.3. The topological polar surface area (TPSA) is 68.5 Å². The van der Waals surface area contributed by atoms with Crippen LogP contribution >= 0.6 is 0 Å². The van der Waals surface area contributed by atoms with E-state index in [4.69, 9.17) is 0 Å². The van der Waals surface area contributed by atoms with E-state index >= 15 is 0 Å². The van der Waals surface area contributed by atoms with Crippen molar-refractivity contribution < 1.29 is 0 Å². The Morgan fingerprint density at radius 3 is 2.95 bits per heavy atom. The average Bonchev–Trinajstić information content (AvgIpc) is 2.93. The summed E-state index contributed by atoms with van der Waals surface area (Å²) in [6.07, 6.45) is 7.33. The van der Waals surface area contributed by atoms with Crippen molar-refractivity contribution in [3.05, 3.63) is 36.9 Å². The molecule has 0 aliphatic carbocycles. The van der Waals surface area contributed by atoms with Crippen LogP contribution in [0.1, 0.15) is 19.8 Å². The highest BCUT2D eigenvalue weighted by atomic mass is 15.3. The lowest BCUT2D eigenvalue weighted by Crippen LogP contribution is -2.04. The minimum Gasteiger partial charge on any atom is -0.369 e. The molecule has 0 unspecified atom stereocenters. The molecule has 3 heterocycles. The predicted octanol–water partition coefficient (Wildman–Crippen LogP) is 2.42. The van der Waals surface area contributed by atoms with E-state index in [0.29, 0.717) is 0 Å². The maximum absolute atomic E-state index is 4.37. The SMILES string of the molecule is CCCCNc1ncnc2c1cnn2-c1ccccn1. The second-order valence-electron chi connectivity index (χ2n) is 4.48. The molecule has 0 spiro atoms. The zero-order valence-corrected chi connectivity index (χ0v) is 11.3. The highest BCUT2D eigenvalue weighted by Gasteiger charge is 2.10. The summed E-state index contributed by atoms with van der Waals surface area (Å²) in [6, 6.07) is 5.71. The van der Waals surface area contributed by atoms with Crippen molar-refractivity contribution in [1.29, 1.82) is 0 Å². The maximum Gasteiger partial charge on any atom is 0.170 e. The van der Waals surface area contributed by atoms with E-state index < -0.39 is 0 Å². The molecule has 1 N–H and O–H groups in total. The Morgan fingerprint density at radius 2 is 2.15 bits per heavy atom. The Morgan fingerprint density at radius 1 is 1.20 bits per heavy atom. The van der Waals surface area contributed by atoms with E-state index in [1.54, 1.807) is 23.4 Å². The smallest absolute Gasteiger partial charge is 0.170 e. The molecule has 6 heteroatoms. The molecule has 3 aromatic rings. The molecule has 102 valence electrons. The van der Waals surface area contributed by atoms with Gasteiger partial charge in [-0.2, -0.15) is 9.78 Å².